The minimum Gasteiger partial charge on any atom is -0.462 e. The first kappa shape index (κ1) is 51.4. The molecule has 0 aromatic heterocycles. The first-order valence-electron chi connectivity index (χ1n) is 23.5. The van der Waals surface area contributed by atoms with E-state index in [0.29, 0.717) is 19.3 Å². The fourth-order valence-electron chi connectivity index (χ4n) is 7.03. The van der Waals surface area contributed by atoms with Gasteiger partial charge in [-0.2, -0.15) is 0 Å². The van der Waals surface area contributed by atoms with Crippen molar-refractivity contribution in [1.82, 2.24) is 0 Å². The first-order chi connectivity index (χ1) is 26.0. The van der Waals surface area contributed by atoms with Crippen LogP contribution in [0.25, 0.3) is 0 Å². The Morgan fingerprint density at radius 3 is 0.755 bits per heavy atom. The van der Waals surface area contributed by atoms with E-state index in [2.05, 4.69) is 20.8 Å². The number of carbonyl (C=O) groups excluding carboxylic acids is 3. The van der Waals surface area contributed by atoms with Gasteiger partial charge in [-0.15, -0.1) is 0 Å². The first-order valence-corrected chi connectivity index (χ1v) is 23.5. The van der Waals surface area contributed by atoms with Gasteiger partial charge in [-0.3, -0.25) is 14.4 Å². The lowest BCUT2D eigenvalue weighted by molar-refractivity contribution is -0.167. The quantitative estimate of drug-likeness (QED) is 0.0351. The molecule has 0 unspecified atom stereocenters. The van der Waals surface area contributed by atoms with Crippen molar-refractivity contribution in [3.05, 3.63) is 0 Å². The van der Waals surface area contributed by atoms with Crippen molar-refractivity contribution < 1.29 is 28.6 Å². The molecule has 0 aliphatic carbocycles. The van der Waals surface area contributed by atoms with Crippen LogP contribution in [-0.4, -0.2) is 37.2 Å². The fourth-order valence-corrected chi connectivity index (χ4v) is 7.03. The number of hydrogen-bond acceptors (Lipinski definition) is 6. The van der Waals surface area contributed by atoms with Crippen molar-refractivity contribution in [2.75, 3.05) is 13.2 Å². The minimum absolute atomic E-state index is 0.0627. The van der Waals surface area contributed by atoms with Gasteiger partial charge < -0.3 is 14.2 Å². The van der Waals surface area contributed by atoms with Gasteiger partial charge in [0.25, 0.3) is 0 Å². The number of hydrogen-bond donors (Lipinski definition) is 0. The monoisotopic (exact) mass is 751 g/mol. The number of ether oxygens (including phenoxy) is 3. The summed E-state index contributed by atoms with van der Waals surface area (Å²) in [6, 6.07) is 0. The summed E-state index contributed by atoms with van der Waals surface area (Å²) in [6.07, 6.45) is 43.7. The van der Waals surface area contributed by atoms with E-state index in [0.717, 1.165) is 57.8 Å². The molecule has 1 atom stereocenters. The van der Waals surface area contributed by atoms with Gasteiger partial charge in [0.2, 0.25) is 0 Å². The lowest BCUT2D eigenvalue weighted by Crippen LogP contribution is -2.30. The van der Waals surface area contributed by atoms with Gasteiger partial charge in [0.05, 0.1) is 0 Å². The van der Waals surface area contributed by atoms with Crippen LogP contribution in [0, 0.1) is 0 Å². The molecule has 0 bridgehead atoms. The molecular formula is C47H90O6. The molecule has 0 N–H and O–H groups in total. The Balaban J connectivity index is 4.26. The van der Waals surface area contributed by atoms with Crippen molar-refractivity contribution in [2.45, 2.75) is 271 Å². The molecule has 0 saturated heterocycles. The predicted molar refractivity (Wildman–Crippen MR) is 224 cm³/mol. The van der Waals surface area contributed by atoms with Crippen LogP contribution in [0.1, 0.15) is 265 Å². The molecule has 0 aliphatic rings. The lowest BCUT2D eigenvalue weighted by atomic mass is 10.0. The standard InChI is InChI=1S/C47H90O6/c1-4-7-10-13-16-19-21-22-23-24-26-29-31-34-37-40-46(49)52-43-44(53-47(50)41-38-35-32-27-18-15-12-9-6-3)42-51-45(48)39-36-33-30-28-25-20-17-14-11-8-5-2/h44H,4-43H2,1-3H3/t44-/m1/s1. The lowest BCUT2D eigenvalue weighted by Gasteiger charge is -2.18. The van der Waals surface area contributed by atoms with Gasteiger partial charge in [-0.1, -0.05) is 226 Å². The highest BCUT2D eigenvalue weighted by atomic mass is 16.6. The van der Waals surface area contributed by atoms with Crippen molar-refractivity contribution >= 4 is 17.9 Å². The summed E-state index contributed by atoms with van der Waals surface area (Å²) in [6.45, 7) is 6.64. The Hall–Kier alpha value is -1.59. The number of carbonyl (C=O) groups is 3. The van der Waals surface area contributed by atoms with Crippen molar-refractivity contribution in [3.8, 4) is 0 Å². The van der Waals surface area contributed by atoms with Crippen LogP contribution in [0.2, 0.25) is 0 Å². The van der Waals surface area contributed by atoms with Gasteiger partial charge in [-0.05, 0) is 19.3 Å². The molecule has 53 heavy (non-hydrogen) atoms. The highest BCUT2D eigenvalue weighted by Crippen LogP contribution is 2.16. The Morgan fingerprint density at radius 1 is 0.302 bits per heavy atom. The van der Waals surface area contributed by atoms with Crippen molar-refractivity contribution in [3.63, 3.8) is 0 Å². The molecule has 6 nitrogen and oxygen atoms in total. The minimum atomic E-state index is -0.757. The Bertz CT molecular complexity index is 783. The van der Waals surface area contributed by atoms with Crippen LogP contribution in [0.3, 0.4) is 0 Å². The second-order valence-corrected chi connectivity index (χ2v) is 16.0. The Morgan fingerprint density at radius 2 is 0.509 bits per heavy atom. The molecule has 6 heteroatoms. The van der Waals surface area contributed by atoms with Gasteiger partial charge in [0.1, 0.15) is 13.2 Å². The third-order valence-electron chi connectivity index (χ3n) is 10.6. The molecule has 0 rings (SSSR count). The van der Waals surface area contributed by atoms with E-state index in [1.807, 2.05) is 0 Å². The zero-order valence-electron chi connectivity index (χ0n) is 35.8. The summed E-state index contributed by atoms with van der Waals surface area (Å²) in [4.78, 5) is 37.7. The largest absolute Gasteiger partial charge is 0.462 e. The molecule has 0 aromatic rings. The summed E-state index contributed by atoms with van der Waals surface area (Å²) in [5, 5.41) is 0. The maximum absolute atomic E-state index is 12.7. The maximum atomic E-state index is 12.7. The molecule has 0 amide bonds. The van der Waals surface area contributed by atoms with Gasteiger partial charge in [0, 0.05) is 19.3 Å². The van der Waals surface area contributed by atoms with E-state index in [1.165, 1.54) is 167 Å². The topological polar surface area (TPSA) is 78.9 Å². The molecule has 0 saturated carbocycles. The predicted octanol–water partition coefficient (Wildman–Crippen LogP) is 14.9. The van der Waals surface area contributed by atoms with E-state index in [4.69, 9.17) is 14.2 Å². The third kappa shape index (κ3) is 41.4. The van der Waals surface area contributed by atoms with E-state index in [1.54, 1.807) is 0 Å². The van der Waals surface area contributed by atoms with Crippen LogP contribution in [0.5, 0.6) is 0 Å². The van der Waals surface area contributed by atoms with Crippen molar-refractivity contribution in [1.29, 1.82) is 0 Å². The van der Waals surface area contributed by atoms with Crippen LogP contribution < -0.4 is 0 Å². The third-order valence-corrected chi connectivity index (χ3v) is 10.6. The summed E-state index contributed by atoms with van der Waals surface area (Å²) in [5.41, 5.74) is 0. The number of esters is 3. The number of rotatable bonds is 43. The van der Waals surface area contributed by atoms with Crippen LogP contribution in [0.15, 0.2) is 0 Å². The summed E-state index contributed by atoms with van der Waals surface area (Å²) in [7, 11) is 0. The molecule has 0 spiro atoms. The zero-order chi connectivity index (χ0) is 38.7. The van der Waals surface area contributed by atoms with Gasteiger partial charge in [0.15, 0.2) is 6.10 Å². The molecular weight excluding hydrogens is 661 g/mol. The van der Waals surface area contributed by atoms with Crippen LogP contribution in [-0.2, 0) is 28.6 Å². The smallest absolute Gasteiger partial charge is 0.306 e. The van der Waals surface area contributed by atoms with Crippen LogP contribution in [0.4, 0.5) is 0 Å². The molecule has 314 valence electrons. The van der Waals surface area contributed by atoms with Gasteiger partial charge in [-0.25, -0.2) is 0 Å². The second kappa shape index (κ2) is 43.1. The Kier molecular flexibility index (Phi) is 41.8. The normalized spacial score (nSPS) is 11.8. The maximum Gasteiger partial charge on any atom is 0.306 e. The summed E-state index contributed by atoms with van der Waals surface area (Å²) >= 11 is 0. The zero-order valence-corrected chi connectivity index (χ0v) is 35.8. The van der Waals surface area contributed by atoms with E-state index >= 15 is 0 Å². The van der Waals surface area contributed by atoms with E-state index < -0.39 is 6.10 Å². The second-order valence-electron chi connectivity index (χ2n) is 16.0. The Labute approximate surface area is 329 Å². The highest BCUT2D eigenvalue weighted by Gasteiger charge is 2.19. The average Bonchev–Trinajstić information content (AvgIpc) is 3.15. The number of unbranched alkanes of at least 4 members (excludes halogenated alkanes) is 32. The van der Waals surface area contributed by atoms with Crippen LogP contribution >= 0.6 is 0 Å². The van der Waals surface area contributed by atoms with Gasteiger partial charge >= 0.3 is 17.9 Å². The SMILES string of the molecule is CCCCCCCCCCCCCCCCCC(=O)OC[C@@H](COC(=O)CCCCCCCCCCCCC)OC(=O)CCCCCCCCCCC. The molecule has 0 radical (unpaired) electrons. The molecule has 0 heterocycles. The highest BCUT2D eigenvalue weighted by molar-refractivity contribution is 5.71. The molecule has 0 aliphatic heterocycles. The molecule has 0 fully saturated rings. The molecule has 0 aromatic carbocycles. The average molecular weight is 751 g/mol. The van der Waals surface area contributed by atoms with Crippen molar-refractivity contribution in [2.24, 2.45) is 0 Å². The van der Waals surface area contributed by atoms with E-state index in [9.17, 15) is 14.4 Å². The summed E-state index contributed by atoms with van der Waals surface area (Å²) < 4.78 is 16.7. The summed E-state index contributed by atoms with van der Waals surface area (Å²) in [5.74, 6) is -0.852. The van der Waals surface area contributed by atoms with E-state index in [-0.39, 0.29) is 31.1 Å². The fraction of sp³-hybridized carbons (Fsp3) is 0.936.